The molecule has 0 spiro atoms. The number of rotatable bonds is 4. The standard InChI is InChI=1S/C17H17N3O3/c1-11-14(9-18)16(12(2)22-3)15(10-19-11)20-17(21)23-13-7-5-4-6-8-13/h4-8,10,12H,1-3H3,(H,20,21)/t12-/m0/s1. The molecule has 0 aliphatic heterocycles. The van der Waals surface area contributed by atoms with E-state index in [1.165, 1.54) is 13.3 Å². The van der Waals surface area contributed by atoms with Crippen molar-refractivity contribution in [1.29, 1.82) is 5.26 Å². The summed E-state index contributed by atoms with van der Waals surface area (Å²) in [5, 5.41) is 12.0. The van der Waals surface area contributed by atoms with Gasteiger partial charge in [-0.2, -0.15) is 5.26 Å². The van der Waals surface area contributed by atoms with Crippen LogP contribution < -0.4 is 10.1 Å². The van der Waals surface area contributed by atoms with Crippen LogP contribution in [0, 0.1) is 18.3 Å². The first-order chi connectivity index (χ1) is 11.1. The number of aromatic nitrogens is 1. The van der Waals surface area contributed by atoms with Crippen LogP contribution >= 0.6 is 0 Å². The maximum Gasteiger partial charge on any atom is 0.417 e. The molecule has 1 aromatic carbocycles. The molecule has 2 rings (SSSR count). The number of anilines is 1. The Kier molecular flexibility index (Phi) is 5.28. The Morgan fingerprint density at radius 1 is 1.35 bits per heavy atom. The van der Waals surface area contributed by atoms with Gasteiger partial charge in [-0.05, 0) is 26.0 Å². The number of carbonyl (C=O) groups excluding carboxylic acids is 1. The van der Waals surface area contributed by atoms with Gasteiger partial charge in [0, 0.05) is 12.7 Å². The number of methoxy groups -OCH3 is 1. The van der Waals surface area contributed by atoms with Crippen molar-refractivity contribution in [3.8, 4) is 11.8 Å². The molecular weight excluding hydrogens is 294 g/mol. The number of nitrogens with one attached hydrogen (secondary N) is 1. The number of para-hydroxylation sites is 1. The summed E-state index contributed by atoms with van der Waals surface area (Å²) >= 11 is 0. The first kappa shape index (κ1) is 16.5. The predicted octanol–water partition coefficient (Wildman–Crippen LogP) is 3.58. The van der Waals surface area contributed by atoms with Crippen molar-refractivity contribution >= 4 is 11.8 Å². The van der Waals surface area contributed by atoms with Crippen molar-refractivity contribution in [3.05, 3.63) is 53.3 Å². The topological polar surface area (TPSA) is 84.2 Å². The third-order valence-corrected chi connectivity index (χ3v) is 3.37. The monoisotopic (exact) mass is 311 g/mol. The zero-order valence-electron chi connectivity index (χ0n) is 13.2. The minimum atomic E-state index is -0.657. The summed E-state index contributed by atoms with van der Waals surface area (Å²) in [6.07, 6.45) is 0.460. The number of nitrogens with zero attached hydrogens (tertiary/aromatic N) is 2. The molecular formula is C17H17N3O3. The average Bonchev–Trinajstić information content (AvgIpc) is 2.56. The Morgan fingerprint density at radius 2 is 2.04 bits per heavy atom. The molecule has 1 N–H and O–H groups in total. The molecule has 118 valence electrons. The van der Waals surface area contributed by atoms with E-state index < -0.39 is 6.09 Å². The second-order valence-electron chi connectivity index (χ2n) is 4.86. The largest absolute Gasteiger partial charge is 0.417 e. The van der Waals surface area contributed by atoms with E-state index >= 15 is 0 Å². The quantitative estimate of drug-likeness (QED) is 0.933. The van der Waals surface area contributed by atoms with Crippen molar-refractivity contribution < 1.29 is 14.3 Å². The van der Waals surface area contributed by atoms with Gasteiger partial charge in [-0.25, -0.2) is 4.79 Å². The van der Waals surface area contributed by atoms with Crippen molar-refractivity contribution in [2.45, 2.75) is 20.0 Å². The van der Waals surface area contributed by atoms with E-state index in [1.54, 1.807) is 38.1 Å². The molecule has 0 aliphatic carbocycles. The first-order valence-electron chi connectivity index (χ1n) is 7.03. The number of benzene rings is 1. The highest BCUT2D eigenvalue weighted by molar-refractivity contribution is 5.87. The van der Waals surface area contributed by atoms with E-state index in [2.05, 4.69) is 16.4 Å². The number of amides is 1. The average molecular weight is 311 g/mol. The van der Waals surface area contributed by atoms with Gasteiger partial charge in [0.2, 0.25) is 0 Å². The predicted molar refractivity (Wildman–Crippen MR) is 85.2 cm³/mol. The molecule has 0 radical (unpaired) electrons. The molecule has 6 nitrogen and oxygen atoms in total. The van der Waals surface area contributed by atoms with Crippen molar-refractivity contribution in [1.82, 2.24) is 4.98 Å². The summed E-state index contributed by atoms with van der Waals surface area (Å²) in [6, 6.07) is 10.8. The van der Waals surface area contributed by atoms with E-state index in [0.717, 1.165) is 0 Å². The lowest BCUT2D eigenvalue weighted by atomic mass is 10.0. The van der Waals surface area contributed by atoms with Crippen LogP contribution in [-0.2, 0) is 4.74 Å². The van der Waals surface area contributed by atoms with E-state index in [4.69, 9.17) is 9.47 Å². The highest BCUT2D eigenvalue weighted by Gasteiger charge is 2.20. The zero-order valence-corrected chi connectivity index (χ0v) is 13.2. The lowest BCUT2D eigenvalue weighted by Gasteiger charge is -2.18. The number of hydrogen-bond donors (Lipinski definition) is 1. The summed E-state index contributed by atoms with van der Waals surface area (Å²) in [7, 11) is 1.54. The number of pyridine rings is 1. The van der Waals surface area contributed by atoms with E-state index in [9.17, 15) is 10.1 Å². The minimum Gasteiger partial charge on any atom is -0.410 e. The summed E-state index contributed by atoms with van der Waals surface area (Å²) in [4.78, 5) is 16.2. The molecule has 0 aliphatic rings. The summed E-state index contributed by atoms with van der Waals surface area (Å²) < 4.78 is 10.5. The lowest BCUT2D eigenvalue weighted by Crippen LogP contribution is -2.19. The zero-order chi connectivity index (χ0) is 16.8. The molecule has 0 bridgehead atoms. The van der Waals surface area contributed by atoms with Gasteiger partial charge in [0.05, 0.1) is 29.2 Å². The van der Waals surface area contributed by atoms with Gasteiger partial charge in [0.25, 0.3) is 0 Å². The van der Waals surface area contributed by atoms with Crippen molar-refractivity contribution in [3.63, 3.8) is 0 Å². The highest BCUT2D eigenvalue weighted by Crippen LogP contribution is 2.29. The SMILES string of the molecule is CO[C@@H](C)c1c(NC(=O)Oc2ccccc2)cnc(C)c1C#N. The third-order valence-electron chi connectivity index (χ3n) is 3.37. The van der Waals surface area contributed by atoms with Crippen LogP contribution in [-0.4, -0.2) is 18.2 Å². The molecule has 0 saturated carbocycles. The Bertz CT molecular complexity index is 739. The van der Waals surface area contributed by atoms with Gasteiger partial charge in [0.15, 0.2) is 0 Å². The van der Waals surface area contributed by atoms with Gasteiger partial charge in [-0.15, -0.1) is 0 Å². The summed E-state index contributed by atoms with van der Waals surface area (Å²) in [5.41, 5.74) is 1.93. The van der Waals surface area contributed by atoms with E-state index in [1.807, 2.05) is 6.07 Å². The molecule has 0 unspecified atom stereocenters. The Labute approximate surface area is 134 Å². The summed E-state index contributed by atoms with van der Waals surface area (Å²) in [6.45, 7) is 3.53. The molecule has 23 heavy (non-hydrogen) atoms. The molecule has 1 aromatic heterocycles. The fourth-order valence-corrected chi connectivity index (χ4v) is 2.14. The molecule has 0 saturated heterocycles. The van der Waals surface area contributed by atoms with E-state index in [-0.39, 0.29) is 6.10 Å². The lowest BCUT2D eigenvalue weighted by molar-refractivity contribution is 0.119. The molecule has 1 atom stereocenters. The maximum absolute atomic E-state index is 12.0. The van der Waals surface area contributed by atoms with Gasteiger partial charge < -0.3 is 9.47 Å². The molecule has 1 heterocycles. The normalized spacial score (nSPS) is 11.4. The van der Waals surface area contributed by atoms with Crippen LogP contribution in [0.5, 0.6) is 5.75 Å². The summed E-state index contributed by atoms with van der Waals surface area (Å²) in [5.74, 6) is 0.423. The van der Waals surface area contributed by atoms with Gasteiger partial charge in [-0.1, -0.05) is 18.2 Å². The Balaban J connectivity index is 2.29. The van der Waals surface area contributed by atoms with Crippen molar-refractivity contribution in [2.24, 2.45) is 0 Å². The van der Waals surface area contributed by atoms with Crippen LogP contribution in [0.4, 0.5) is 10.5 Å². The van der Waals surface area contributed by atoms with Gasteiger partial charge in [-0.3, -0.25) is 10.3 Å². The number of ether oxygens (including phenoxy) is 2. The first-order valence-corrected chi connectivity index (χ1v) is 7.03. The number of carbonyl (C=O) groups is 1. The van der Waals surface area contributed by atoms with E-state index in [0.29, 0.717) is 28.3 Å². The van der Waals surface area contributed by atoms with Crippen LogP contribution in [0.2, 0.25) is 0 Å². The van der Waals surface area contributed by atoms with Gasteiger partial charge in [0.1, 0.15) is 11.8 Å². The van der Waals surface area contributed by atoms with Crippen LogP contribution in [0.1, 0.15) is 29.8 Å². The highest BCUT2D eigenvalue weighted by atomic mass is 16.6. The Morgan fingerprint density at radius 3 is 2.65 bits per heavy atom. The maximum atomic E-state index is 12.0. The Hall–Kier alpha value is -2.91. The second kappa shape index (κ2) is 7.38. The molecule has 0 fully saturated rings. The minimum absolute atomic E-state index is 0.377. The fourth-order valence-electron chi connectivity index (χ4n) is 2.14. The van der Waals surface area contributed by atoms with Crippen LogP contribution in [0.3, 0.4) is 0 Å². The number of nitriles is 1. The molecule has 6 heteroatoms. The number of hydrogen-bond acceptors (Lipinski definition) is 5. The smallest absolute Gasteiger partial charge is 0.410 e. The number of aryl methyl sites for hydroxylation is 1. The molecule has 2 aromatic rings. The third kappa shape index (κ3) is 3.84. The second-order valence-corrected chi connectivity index (χ2v) is 4.86. The van der Waals surface area contributed by atoms with Crippen LogP contribution in [0.15, 0.2) is 36.5 Å². The molecule has 1 amide bonds. The van der Waals surface area contributed by atoms with Crippen molar-refractivity contribution in [2.75, 3.05) is 12.4 Å². The van der Waals surface area contributed by atoms with Crippen LogP contribution in [0.25, 0.3) is 0 Å². The fraction of sp³-hybridized carbons (Fsp3) is 0.235. The van der Waals surface area contributed by atoms with Gasteiger partial charge >= 0.3 is 6.09 Å².